The van der Waals surface area contributed by atoms with Crippen molar-refractivity contribution in [2.24, 2.45) is 4.99 Å². The fourth-order valence-corrected chi connectivity index (χ4v) is 5.95. The Bertz CT molecular complexity index is 987. The number of benzene rings is 2. The smallest absolute Gasteiger partial charge is 0.243 e. The summed E-state index contributed by atoms with van der Waals surface area (Å²) in [6, 6.07) is 16.7. The largest absolute Gasteiger partial charge is 0.396 e. The van der Waals surface area contributed by atoms with Gasteiger partial charge in [0.1, 0.15) is 11.1 Å². The third kappa shape index (κ3) is 5.09. The fourth-order valence-electron chi connectivity index (χ4n) is 3.94. The number of aliphatic imine (C=N–C) groups is 1. The number of hydrogen-bond acceptors (Lipinski definition) is 5. The van der Waals surface area contributed by atoms with Crippen molar-refractivity contribution in [1.82, 2.24) is 4.72 Å². The van der Waals surface area contributed by atoms with Gasteiger partial charge in [-0.15, -0.1) is 0 Å². The van der Waals surface area contributed by atoms with Crippen LogP contribution in [0.1, 0.15) is 54.7 Å². The van der Waals surface area contributed by atoms with Crippen LogP contribution in [0.25, 0.3) is 0 Å². The number of ether oxygens (including phenoxy) is 1. The van der Waals surface area contributed by atoms with Crippen LogP contribution in [0.5, 0.6) is 0 Å². The highest BCUT2D eigenvalue weighted by molar-refractivity contribution is 7.90. The molecule has 2 atom stereocenters. The van der Waals surface area contributed by atoms with Crippen LogP contribution in [0.15, 0.2) is 59.6 Å². The third-order valence-corrected chi connectivity index (χ3v) is 7.35. The summed E-state index contributed by atoms with van der Waals surface area (Å²) in [7, 11) is -3.83. The Balaban J connectivity index is 2.00. The van der Waals surface area contributed by atoms with Crippen molar-refractivity contribution in [3.8, 4) is 0 Å². The van der Waals surface area contributed by atoms with Gasteiger partial charge >= 0.3 is 0 Å². The average molecular weight is 431 g/mol. The molecule has 1 unspecified atom stereocenters. The first-order valence-electron chi connectivity index (χ1n) is 10.2. The van der Waals surface area contributed by atoms with Crippen molar-refractivity contribution < 1.29 is 18.3 Å². The molecular formula is C23H30N2O4S. The standard InChI is InChI=1S/C23H30N2O4S/c1-17-9-7-8-12-19(17)22-23(2,3)29-16-14-21(25-30(22,27)28)24-20(13-15-26)18-10-5-4-6-11-18/h4-12,20,22,26H,13-16H2,1-3H3,(H,24,25)/t20-,22?/m0/s1. The monoisotopic (exact) mass is 430 g/mol. The van der Waals surface area contributed by atoms with Gasteiger partial charge in [0, 0.05) is 13.0 Å². The average Bonchev–Trinajstić information content (AvgIpc) is 2.68. The number of aliphatic hydroxyl groups is 1. The summed E-state index contributed by atoms with van der Waals surface area (Å²) in [5.74, 6) is 0.353. The van der Waals surface area contributed by atoms with Crippen LogP contribution in [0.2, 0.25) is 0 Å². The zero-order valence-electron chi connectivity index (χ0n) is 17.7. The van der Waals surface area contributed by atoms with Gasteiger partial charge in [-0.2, -0.15) is 0 Å². The zero-order chi connectivity index (χ0) is 21.8. The Morgan fingerprint density at radius 3 is 2.50 bits per heavy atom. The molecule has 6 nitrogen and oxygen atoms in total. The Kier molecular flexibility index (Phi) is 6.95. The van der Waals surface area contributed by atoms with Gasteiger partial charge in [0.15, 0.2) is 0 Å². The van der Waals surface area contributed by atoms with Crippen molar-refractivity contribution in [3.63, 3.8) is 0 Å². The van der Waals surface area contributed by atoms with Gasteiger partial charge in [-0.25, -0.2) is 8.42 Å². The van der Waals surface area contributed by atoms with Crippen LogP contribution in [0, 0.1) is 6.92 Å². The Labute approximate surface area is 179 Å². The minimum Gasteiger partial charge on any atom is -0.396 e. The van der Waals surface area contributed by atoms with Crippen LogP contribution in [-0.2, 0) is 14.8 Å². The molecule has 162 valence electrons. The maximum atomic E-state index is 13.5. The quantitative estimate of drug-likeness (QED) is 0.757. The number of aryl methyl sites for hydroxylation is 1. The molecule has 0 saturated carbocycles. The van der Waals surface area contributed by atoms with Gasteiger partial charge < -0.3 is 9.84 Å². The molecular weight excluding hydrogens is 400 g/mol. The highest BCUT2D eigenvalue weighted by atomic mass is 32.2. The summed E-state index contributed by atoms with van der Waals surface area (Å²) in [6.45, 7) is 5.82. The topological polar surface area (TPSA) is 88.0 Å². The van der Waals surface area contributed by atoms with Crippen molar-refractivity contribution in [2.75, 3.05) is 13.2 Å². The van der Waals surface area contributed by atoms with E-state index in [1.54, 1.807) is 0 Å². The first-order chi connectivity index (χ1) is 14.2. The van der Waals surface area contributed by atoms with E-state index >= 15 is 0 Å². The van der Waals surface area contributed by atoms with E-state index < -0.39 is 20.9 Å². The first-order valence-corrected chi connectivity index (χ1v) is 11.7. The number of sulfonamides is 1. The Hall–Kier alpha value is -2.22. The van der Waals surface area contributed by atoms with Crippen LogP contribution < -0.4 is 4.72 Å². The molecule has 0 spiro atoms. The molecule has 2 N–H and O–H groups in total. The van der Waals surface area contributed by atoms with E-state index in [-0.39, 0.29) is 12.6 Å². The summed E-state index contributed by atoms with van der Waals surface area (Å²) in [4.78, 5) is 4.68. The zero-order valence-corrected chi connectivity index (χ0v) is 18.5. The first kappa shape index (κ1) is 22.5. The highest BCUT2D eigenvalue weighted by Gasteiger charge is 2.44. The third-order valence-electron chi connectivity index (χ3n) is 5.38. The Morgan fingerprint density at radius 1 is 1.17 bits per heavy atom. The molecule has 30 heavy (non-hydrogen) atoms. The van der Waals surface area contributed by atoms with E-state index in [1.165, 1.54) is 0 Å². The number of rotatable bonds is 5. The molecule has 0 aromatic heterocycles. The van der Waals surface area contributed by atoms with Crippen molar-refractivity contribution in [1.29, 1.82) is 0 Å². The number of nitrogens with zero attached hydrogens (tertiary/aromatic N) is 1. The van der Waals surface area contributed by atoms with Gasteiger partial charge in [-0.3, -0.25) is 9.71 Å². The van der Waals surface area contributed by atoms with Crippen LogP contribution in [0.4, 0.5) is 0 Å². The van der Waals surface area contributed by atoms with E-state index in [1.807, 2.05) is 75.4 Å². The van der Waals surface area contributed by atoms with E-state index in [9.17, 15) is 13.5 Å². The van der Waals surface area contributed by atoms with Gasteiger partial charge in [-0.05, 0) is 43.9 Å². The van der Waals surface area contributed by atoms with Gasteiger partial charge in [0.05, 0.1) is 18.2 Å². The molecule has 0 bridgehead atoms. The number of aliphatic hydroxyl groups excluding tert-OH is 1. The van der Waals surface area contributed by atoms with Crippen LogP contribution >= 0.6 is 0 Å². The van der Waals surface area contributed by atoms with Crippen molar-refractivity contribution >= 4 is 15.9 Å². The second kappa shape index (κ2) is 9.29. The predicted octanol–water partition coefficient (Wildman–Crippen LogP) is 3.68. The minimum absolute atomic E-state index is 0.0432. The summed E-state index contributed by atoms with van der Waals surface area (Å²) in [6.07, 6.45) is 0.751. The fraction of sp³-hybridized carbons (Fsp3) is 0.435. The molecule has 1 fully saturated rings. The molecule has 0 radical (unpaired) electrons. The van der Waals surface area contributed by atoms with Gasteiger partial charge in [0.25, 0.3) is 0 Å². The molecule has 7 heteroatoms. The van der Waals surface area contributed by atoms with Crippen molar-refractivity contribution in [2.45, 2.75) is 50.5 Å². The maximum absolute atomic E-state index is 13.5. The van der Waals surface area contributed by atoms with E-state index in [0.717, 1.165) is 11.1 Å². The molecule has 3 rings (SSSR count). The summed E-state index contributed by atoms with van der Waals surface area (Å²) in [5.41, 5.74) is 1.63. The molecule has 1 saturated heterocycles. The van der Waals surface area contributed by atoms with Gasteiger partial charge in [0.2, 0.25) is 10.0 Å². The van der Waals surface area contributed by atoms with E-state index in [0.29, 0.717) is 30.8 Å². The second-order valence-electron chi connectivity index (χ2n) is 8.10. The van der Waals surface area contributed by atoms with Crippen molar-refractivity contribution in [3.05, 3.63) is 71.3 Å². The summed E-state index contributed by atoms with van der Waals surface area (Å²) < 4.78 is 35.8. The number of amidine groups is 1. The number of nitrogens with one attached hydrogen (secondary N) is 1. The molecule has 1 aliphatic rings. The van der Waals surface area contributed by atoms with E-state index in [2.05, 4.69) is 9.71 Å². The lowest BCUT2D eigenvalue weighted by Crippen LogP contribution is -2.48. The lowest BCUT2D eigenvalue weighted by atomic mass is 9.94. The molecule has 1 aliphatic heterocycles. The van der Waals surface area contributed by atoms with Crippen LogP contribution in [0.3, 0.4) is 0 Å². The molecule has 0 aliphatic carbocycles. The SMILES string of the molecule is Cc1ccccc1C1C(C)(C)OCCC(=N[C@@H](CCO)c2ccccc2)NS1(=O)=O. The molecule has 2 aromatic carbocycles. The minimum atomic E-state index is -3.83. The van der Waals surface area contributed by atoms with Gasteiger partial charge in [-0.1, -0.05) is 54.6 Å². The lowest BCUT2D eigenvalue weighted by Gasteiger charge is -2.37. The summed E-state index contributed by atoms with van der Waals surface area (Å²) >= 11 is 0. The van der Waals surface area contributed by atoms with E-state index in [4.69, 9.17) is 4.74 Å². The highest BCUT2D eigenvalue weighted by Crippen LogP contribution is 2.38. The van der Waals surface area contributed by atoms with Crippen LogP contribution in [-0.4, -0.2) is 38.2 Å². The normalized spacial score (nSPS) is 23.2. The number of hydrogen-bond donors (Lipinski definition) is 2. The molecule has 0 amide bonds. The summed E-state index contributed by atoms with van der Waals surface area (Å²) in [5, 5.41) is 8.60. The Morgan fingerprint density at radius 2 is 1.83 bits per heavy atom. The predicted molar refractivity (Wildman–Crippen MR) is 119 cm³/mol. The molecule has 2 aromatic rings. The maximum Gasteiger partial charge on any atom is 0.243 e. The molecule has 1 heterocycles. The second-order valence-corrected chi connectivity index (χ2v) is 9.87. The lowest BCUT2D eigenvalue weighted by molar-refractivity contribution is -0.0187.